The highest BCUT2D eigenvalue weighted by Crippen LogP contribution is 2.04. The molecule has 0 heterocycles. The van der Waals surface area contributed by atoms with E-state index in [0.717, 1.165) is 13.0 Å². The Morgan fingerprint density at radius 1 is 1.07 bits per heavy atom. The van der Waals surface area contributed by atoms with Gasteiger partial charge in [-0.15, -0.1) is 0 Å². The van der Waals surface area contributed by atoms with Gasteiger partial charge in [0.05, 0.1) is 0 Å². The molecule has 0 bridgehead atoms. The summed E-state index contributed by atoms with van der Waals surface area (Å²) in [5.74, 6) is 0. The molecule has 1 N–H and O–H groups in total. The highest BCUT2D eigenvalue weighted by Gasteiger charge is 1.89. The maximum Gasteiger partial charge on any atom is -0.00173 e. The van der Waals surface area contributed by atoms with Crippen molar-refractivity contribution in [2.75, 3.05) is 13.6 Å². The number of hydrogen-bond acceptors (Lipinski definition) is 1. The van der Waals surface area contributed by atoms with E-state index in [1.54, 1.807) is 0 Å². The van der Waals surface area contributed by atoms with E-state index in [9.17, 15) is 0 Å². The van der Waals surface area contributed by atoms with Gasteiger partial charge in [0.25, 0.3) is 0 Å². The molecule has 1 aromatic rings. The molecule has 0 atom stereocenters. The molecule has 0 saturated heterocycles. The van der Waals surface area contributed by atoms with Crippen molar-refractivity contribution < 1.29 is 0 Å². The number of unbranched alkanes of at least 4 members (excludes halogenated alkanes) is 1. The van der Waals surface area contributed by atoms with Gasteiger partial charge in [0.2, 0.25) is 0 Å². The van der Waals surface area contributed by atoms with Crippen molar-refractivity contribution in [1.29, 1.82) is 0 Å². The van der Waals surface area contributed by atoms with Crippen molar-refractivity contribution in [2.45, 2.75) is 25.7 Å². The maximum absolute atomic E-state index is 3.13. The number of rotatable bonds is 7. The Labute approximate surface area is 93.2 Å². The van der Waals surface area contributed by atoms with Crippen molar-refractivity contribution in [3.8, 4) is 0 Å². The second-order valence-electron chi connectivity index (χ2n) is 3.74. The van der Waals surface area contributed by atoms with Crippen LogP contribution in [0.25, 0.3) is 0 Å². The standard InChI is InChI=1S/C14H21N/c1-15-13-9-4-2-3-6-10-14-11-7-5-8-12-14/h2,4-5,7-8,11-12,15H,3,6,9-10,13H2,1H3. The summed E-state index contributed by atoms with van der Waals surface area (Å²) >= 11 is 0. The minimum atomic E-state index is 1.08. The van der Waals surface area contributed by atoms with Gasteiger partial charge in [0.1, 0.15) is 0 Å². The Balaban J connectivity index is 2.04. The first-order valence-corrected chi connectivity index (χ1v) is 5.77. The van der Waals surface area contributed by atoms with Crippen molar-refractivity contribution in [2.24, 2.45) is 0 Å². The van der Waals surface area contributed by atoms with Crippen LogP contribution in [0.15, 0.2) is 42.5 Å². The Hall–Kier alpha value is -1.08. The number of allylic oxidation sites excluding steroid dienone is 1. The van der Waals surface area contributed by atoms with E-state index in [4.69, 9.17) is 0 Å². The molecule has 82 valence electrons. The van der Waals surface area contributed by atoms with Crippen LogP contribution in [-0.2, 0) is 6.42 Å². The first kappa shape index (κ1) is 12.0. The lowest BCUT2D eigenvalue weighted by Crippen LogP contribution is -2.05. The third-order valence-electron chi connectivity index (χ3n) is 2.41. The fourth-order valence-electron chi connectivity index (χ4n) is 1.53. The van der Waals surface area contributed by atoms with Crippen LogP contribution in [0, 0.1) is 0 Å². The zero-order valence-electron chi connectivity index (χ0n) is 9.58. The Morgan fingerprint density at radius 2 is 1.80 bits per heavy atom. The van der Waals surface area contributed by atoms with Gasteiger partial charge in [-0.25, -0.2) is 0 Å². The molecule has 1 heteroatoms. The molecule has 0 spiro atoms. The summed E-state index contributed by atoms with van der Waals surface area (Å²) < 4.78 is 0. The summed E-state index contributed by atoms with van der Waals surface area (Å²) in [5, 5.41) is 3.13. The minimum Gasteiger partial charge on any atom is -0.319 e. The number of aryl methyl sites for hydroxylation is 1. The third kappa shape index (κ3) is 6.08. The second-order valence-corrected chi connectivity index (χ2v) is 3.74. The van der Waals surface area contributed by atoms with Gasteiger partial charge in [-0.1, -0.05) is 42.5 Å². The molecular weight excluding hydrogens is 182 g/mol. The molecule has 0 fully saturated rings. The largest absolute Gasteiger partial charge is 0.319 e. The zero-order valence-corrected chi connectivity index (χ0v) is 9.58. The van der Waals surface area contributed by atoms with Crippen molar-refractivity contribution in [3.63, 3.8) is 0 Å². The monoisotopic (exact) mass is 203 g/mol. The molecule has 1 nitrogen and oxygen atoms in total. The fourth-order valence-corrected chi connectivity index (χ4v) is 1.53. The van der Waals surface area contributed by atoms with Crippen LogP contribution in [0.2, 0.25) is 0 Å². The lowest BCUT2D eigenvalue weighted by atomic mass is 10.1. The number of benzene rings is 1. The molecule has 0 aliphatic carbocycles. The Bertz CT molecular complexity index is 264. The third-order valence-corrected chi connectivity index (χ3v) is 2.41. The van der Waals surface area contributed by atoms with Crippen LogP contribution < -0.4 is 5.32 Å². The van der Waals surface area contributed by atoms with Crippen LogP contribution in [0.1, 0.15) is 24.8 Å². The molecule has 0 aliphatic heterocycles. The molecule has 0 aromatic heterocycles. The predicted octanol–water partition coefficient (Wildman–Crippen LogP) is 3.18. The molecular formula is C14H21N. The first-order valence-electron chi connectivity index (χ1n) is 5.77. The van der Waals surface area contributed by atoms with E-state index in [1.807, 2.05) is 7.05 Å². The molecule has 15 heavy (non-hydrogen) atoms. The predicted molar refractivity (Wildman–Crippen MR) is 67.1 cm³/mol. The maximum atomic E-state index is 3.13. The van der Waals surface area contributed by atoms with Gasteiger partial charge < -0.3 is 5.32 Å². The van der Waals surface area contributed by atoms with Crippen LogP contribution >= 0.6 is 0 Å². The molecule has 0 amide bonds. The summed E-state index contributed by atoms with van der Waals surface area (Å²) in [6.45, 7) is 1.08. The highest BCUT2D eigenvalue weighted by molar-refractivity contribution is 5.14. The normalized spacial score (nSPS) is 11.0. The summed E-state index contributed by atoms with van der Waals surface area (Å²) in [6.07, 6.45) is 9.33. The highest BCUT2D eigenvalue weighted by atomic mass is 14.8. The lowest BCUT2D eigenvalue weighted by molar-refractivity contribution is 0.798. The van der Waals surface area contributed by atoms with Gasteiger partial charge >= 0.3 is 0 Å². The molecule has 0 radical (unpaired) electrons. The van der Waals surface area contributed by atoms with Crippen LogP contribution in [0.3, 0.4) is 0 Å². The van der Waals surface area contributed by atoms with Gasteiger partial charge in [-0.3, -0.25) is 0 Å². The van der Waals surface area contributed by atoms with Crippen LogP contribution in [-0.4, -0.2) is 13.6 Å². The number of nitrogens with one attached hydrogen (secondary N) is 1. The summed E-state index contributed by atoms with van der Waals surface area (Å²) in [7, 11) is 1.99. The minimum absolute atomic E-state index is 1.08. The quantitative estimate of drug-likeness (QED) is 0.530. The first-order chi connectivity index (χ1) is 7.43. The van der Waals surface area contributed by atoms with Crippen molar-refractivity contribution >= 4 is 0 Å². The van der Waals surface area contributed by atoms with E-state index in [2.05, 4.69) is 47.8 Å². The van der Waals surface area contributed by atoms with Crippen molar-refractivity contribution in [1.82, 2.24) is 5.32 Å². The lowest BCUT2D eigenvalue weighted by Gasteiger charge is -1.98. The molecule has 0 saturated carbocycles. The molecule has 0 aliphatic rings. The van der Waals surface area contributed by atoms with Crippen LogP contribution in [0.4, 0.5) is 0 Å². The fraction of sp³-hybridized carbons (Fsp3) is 0.429. The Kier molecular flexibility index (Phi) is 6.59. The summed E-state index contributed by atoms with van der Waals surface area (Å²) in [5.41, 5.74) is 1.45. The SMILES string of the molecule is CNCCC=CCCCc1ccccc1. The smallest absolute Gasteiger partial charge is 0.00173 e. The van der Waals surface area contributed by atoms with Crippen LogP contribution in [0.5, 0.6) is 0 Å². The average Bonchev–Trinajstić information content (AvgIpc) is 2.29. The summed E-state index contributed by atoms with van der Waals surface area (Å²) in [4.78, 5) is 0. The second kappa shape index (κ2) is 8.25. The van der Waals surface area contributed by atoms with E-state index in [0.29, 0.717) is 0 Å². The van der Waals surface area contributed by atoms with Gasteiger partial charge in [-0.05, 0) is 44.8 Å². The zero-order chi connectivity index (χ0) is 10.8. The van der Waals surface area contributed by atoms with Crippen molar-refractivity contribution in [3.05, 3.63) is 48.0 Å². The molecule has 1 rings (SSSR count). The van der Waals surface area contributed by atoms with Gasteiger partial charge in [0.15, 0.2) is 0 Å². The topological polar surface area (TPSA) is 12.0 Å². The average molecular weight is 203 g/mol. The van der Waals surface area contributed by atoms with E-state index >= 15 is 0 Å². The van der Waals surface area contributed by atoms with E-state index < -0.39 is 0 Å². The van der Waals surface area contributed by atoms with Gasteiger partial charge in [0, 0.05) is 0 Å². The number of hydrogen-bond donors (Lipinski definition) is 1. The Morgan fingerprint density at radius 3 is 2.53 bits per heavy atom. The summed E-state index contributed by atoms with van der Waals surface area (Å²) in [6, 6.07) is 10.7. The molecule has 1 aromatic carbocycles. The molecule has 0 unspecified atom stereocenters. The van der Waals surface area contributed by atoms with E-state index in [1.165, 1.54) is 24.8 Å². The van der Waals surface area contributed by atoms with E-state index in [-0.39, 0.29) is 0 Å². The van der Waals surface area contributed by atoms with Gasteiger partial charge in [-0.2, -0.15) is 0 Å².